The van der Waals surface area contributed by atoms with E-state index in [1.807, 2.05) is 67.6 Å². The van der Waals surface area contributed by atoms with Crippen LogP contribution in [-0.2, 0) is 9.59 Å². The van der Waals surface area contributed by atoms with Crippen LogP contribution in [0.15, 0.2) is 60.7 Å². The standard InChI is InChI=1S/C20H16N2O2/c1-2-3-12-22-16-11-7-5-9-14(16)18(20(22)24)17-13-8-4-6-10-15(13)21-19(17)23/h2-11H,12H2,1H3,(H,21,23)/b3-2-,18-17+. The van der Waals surface area contributed by atoms with Crippen LogP contribution >= 0.6 is 0 Å². The molecule has 2 aliphatic rings. The molecule has 118 valence electrons. The molecule has 0 radical (unpaired) electrons. The molecule has 2 aromatic rings. The van der Waals surface area contributed by atoms with Gasteiger partial charge in [-0.3, -0.25) is 9.59 Å². The lowest BCUT2D eigenvalue weighted by Gasteiger charge is -2.14. The van der Waals surface area contributed by atoms with Gasteiger partial charge in [-0.05, 0) is 19.1 Å². The van der Waals surface area contributed by atoms with Crippen LogP contribution in [0.25, 0.3) is 11.1 Å². The predicted molar refractivity (Wildman–Crippen MR) is 95.5 cm³/mol. The minimum absolute atomic E-state index is 0.129. The van der Waals surface area contributed by atoms with Crippen molar-refractivity contribution in [1.82, 2.24) is 0 Å². The SMILES string of the molecule is C/C=C\CN1C(=O)/C(=C2/C(=O)Nc3ccccc32)c2ccccc21. The van der Waals surface area contributed by atoms with Crippen molar-refractivity contribution in [1.29, 1.82) is 0 Å². The van der Waals surface area contributed by atoms with E-state index in [-0.39, 0.29) is 11.8 Å². The number of nitrogens with one attached hydrogen (secondary N) is 1. The highest BCUT2D eigenvalue weighted by atomic mass is 16.2. The average molecular weight is 316 g/mol. The fourth-order valence-electron chi connectivity index (χ4n) is 3.28. The Bertz CT molecular complexity index is 925. The number of anilines is 2. The first-order valence-electron chi connectivity index (χ1n) is 7.90. The normalized spacial score (nSPS) is 19.0. The van der Waals surface area contributed by atoms with Gasteiger partial charge in [-0.2, -0.15) is 0 Å². The summed E-state index contributed by atoms with van der Waals surface area (Å²) in [6.45, 7) is 2.42. The Morgan fingerprint density at radius 3 is 2.46 bits per heavy atom. The largest absolute Gasteiger partial charge is 0.321 e. The molecule has 0 unspecified atom stereocenters. The summed E-state index contributed by atoms with van der Waals surface area (Å²) < 4.78 is 0. The van der Waals surface area contributed by atoms with Gasteiger partial charge in [0.1, 0.15) is 0 Å². The Balaban J connectivity index is 1.96. The highest BCUT2D eigenvalue weighted by Crippen LogP contribution is 2.44. The van der Waals surface area contributed by atoms with E-state index in [0.29, 0.717) is 17.7 Å². The van der Waals surface area contributed by atoms with E-state index in [1.165, 1.54) is 0 Å². The number of hydrogen-bond acceptors (Lipinski definition) is 2. The number of fused-ring (bicyclic) bond motifs is 2. The number of hydrogen-bond donors (Lipinski definition) is 1. The fraction of sp³-hybridized carbons (Fsp3) is 0.100. The van der Waals surface area contributed by atoms with E-state index in [2.05, 4.69) is 5.32 Å². The first-order chi connectivity index (χ1) is 11.7. The molecule has 2 aromatic carbocycles. The number of rotatable bonds is 2. The van der Waals surface area contributed by atoms with Crippen LogP contribution < -0.4 is 10.2 Å². The van der Waals surface area contributed by atoms with Gasteiger partial charge in [0.2, 0.25) is 0 Å². The Labute approximate surface area is 140 Å². The Kier molecular flexibility index (Phi) is 3.31. The number of allylic oxidation sites excluding steroid dienone is 1. The van der Waals surface area contributed by atoms with Crippen LogP contribution in [0.5, 0.6) is 0 Å². The fourth-order valence-corrected chi connectivity index (χ4v) is 3.28. The molecule has 0 aliphatic carbocycles. The molecule has 24 heavy (non-hydrogen) atoms. The predicted octanol–water partition coefficient (Wildman–Crippen LogP) is 3.47. The van der Waals surface area contributed by atoms with Crippen LogP contribution in [0.4, 0.5) is 11.4 Å². The minimum Gasteiger partial charge on any atom is -0.321 e. The van der Waals surface area contributed by atoms with Gasteiger partial charge in [0.25, 0.3) is 11.8 Å². The number of para-hydroxylation sites is 2. The van der Waals surface area contributed by atoms with E-state index in [1.54, 1.807) is 4.90 Å². The molecule has 4 nitrogen and oxygen atoms in total. The quantitative estimate of drug-likeness (QED) is 0.681. The highest BCUT2D eigenvalue weighted by molar-refractivity contribution is 6.49. The van der Waals surface area contributed by atoms with Gasteiger partial charge in [-0.25, -0.2) is 0 Å². The summed E-state index contributed by atoms with van der Waals surface area (Å²) in [5.41, 5.74) is 4.15. The summed E-state index contributed by atoms with van der Waals surface area (Å²) in [7, 11) is 0. The number of benzene rings is 2. The monoisotopic (exact) mass is 316 g/mol. The van der Waals surface area contributed by atoms with Gasteiger partial charge in [0.05, 0.1) is 16.8 Å². The van der Waals surface area contributed by atoms with E-state index in [4.69, 9.17) is 0 Å². The van der Waals surface area contributed by atoms with Crippen molar-refractivity contribution in [3.05, 3.63) is 71.8 Å². The van der Waals surface area contributed by atoms with E-state index < -0.39 is 0 Å². The maximum absolute atomic E-state index is 13.1. The molecule has 0 bridgehead atoms. The molecule has 0 atom stereocenters. The second-order valence-corrected chi connectivity index (χ2v) is 5.75. The molecule has 2 amide bonds. The molecule has 4 heteroatoms. The Morgan fingerprint density at radius 1 is 0.958 bits per heavy atom. The molecular weight excluding hydrogens is 300 g/mol. The average Bonchev–Trinajstić information content (AvgIpc) is 3.06. The molecule has 2 aliphatic heterocycles. The number of carbonyl (C=O) groups is 2. The topological polar surface area (TPSA) is 49.4 Å². The van der Waals surface area contributed by atoms with Crippen LogP contribution in [0.3, 0.4) is 0 Å². The first kappa shape index (κ1) is 14.5. The summed E-state index contributed by atoms with van der Waals surface area (Å²) in [6.07, 6.45) is 3.85. The van der Waals surface area contributed by atoms with Crippen molar-refractivity contribution < 1.29 is 9.59 Å². The van der Waals surface area contributed by atoms with Crippen LogP contribution in [-0.4, -0.2) is 18.4 Å². The summed E-state index contributed by atoms with van der Waals surface area (Å²) in [5.74, 6) is -0.349. The number of carbonyl (C=O) groups excluding carboxylic acids is 2. The maximum atomic E-state index is 13.1. The van der Waals surface area contributed by atoms with Crippen molar-refractivity contribution >= 4 is 34.3 Å². The van der Waals surface area contributed by atoms with E-state index in [9.17, 15) is 9.59 Å². The van der Waals surface area contributed by atoms with Gasteiger partial charge in [0.15, 0.2) is 0 Å². The van der Waals surface area contributed by atoms with Crippen LogP contribution in [0, 0.1) is 0 Å². The van der Waals surface area contributed by atoms with Gasteiger partial charge in [-0.15, -0.1) is 0 Å². The van der Waals surface area contributed by atoms with Gasteiger partial charge >= 0.3 is 0 Å². The zero-order valence-electron chi connectivity index (χ0n) is 13.2. The van der Waals surface area contributed by atoms with Crippen LogP contribution in [0.2, 0.25) is 0 Å². The second kappa shape index (κ2) is 5.49. The zero-order valence-corrected chi connectivity index (χ0v) is 13.2. The summed E-state index contributed by atoms with van der Waals surface area (Å²) in [5, 5.41) is 2.85. The third kappa shape index (κ3) is 2.00. The summed E-state index contributed by atoms with van der Waals surface area (Å²) in [4.78, 5) is 27.3. The molecule has 4 rings (SSSR count). The summed E-state index contributed by atoms with van der Waals surface area (Å²) >= 11 is 0. The molecule has 1 N–H and O–H groups in total. The molecule has 0 saturated carbocycles. The van der Waals surface area contributed by atoms with Crippen molar-refractivity contribution in [2.45, 2.75) is 6.92 Å². The van der Waals surface area contributed by atoms with Crippen molar-refractivity contribution in [3.8, 4) is 0 Å². The second-order valence-electron chi connectivity index (χ2n) is 5.75. The zero-order chi connectivity index (χ0) is 16.7. The first-order valence-corrected chi connectivity index (χ1v) is 7.90. The molecule has 2 heterocycles. The Hall–Kier alpha value is -3.14. The van der Waals surface area contributed by atoms with Crippen molar-refractivity contribution in [2.24, 2.45) is 0 Å². The lowest BCUT2D eigenvalue weighted by atomic mass is 9.96. The third-order valence-electron chi connectivity index (χ3n) is 4.37. The van der Waals surface area contributed by atoms with Crippen molar-refractivity contribution in [2.75, 3.05) is 16.8 Å². The number of amides is 2. The van der Waals surface area contributed by atoms with Crippen LogP contribution in [0.1, 0.15) is 18.1 Å². The minimum atomic E-state index is -0.220. The number of nitrogens with zero attached hydrogens (tertiary/aromatic N) is 1. The van der Waals surface area contributed by atoms with Gasteiger partial charge < -0.3 is 10.2 Å². The lowest BCUT2D eigenvalue weighted by Crippen LogP contribution is -2.27. The van der Waals surface area contributed by atoms with E-state index in [0.717, 1.165) is 22.5 Å². The smallest absolute Gasteiger partial charge is 0.260 e. The molecule has 0 aromatic heterocycles. The van der Waals surface area contributed by atoms with Gasteiger partial charge in [0, 0.05) is 23.4 Å². The molecule has 0 fully saturated rings. The lowest BCUT2D eigenvalue weighted by molar-refractivity contribution is -0.113. The maximum Gasteiger partial charge on any atom is 0.260 e. The van der Waals surface area contributed by atoms with E-state index >= 15 is 0 Å². The van der Waals surface area contributed by atoms with Gasteiger partial charge in [-0.1, -0.05) is 48.6 Å². The third-order valence-corrected chi connectivity index (χ3v) is 4.37. The van der Waals surface area contributed by atoms with Crippen molar-refractivity contribution in [3.63, 3.8) is 0 Å². The Morgan fingerprint density at radius 2 is 1.67 bits per heavy atom. The summed E-state index contributed by atoms with van der Waals surface area (Å²) in [6, 6.07) is 15.1. The highest BCUT2D eigenvalue weighted by Gasteiger charge is 2.38. The molecule has 0 saturated heterocycles. The molecule has 0 spiro atoms. The molecular formula is C20H16N2O2.